The van der Waals surface area contributed by atoms with Crippen molar-refractivity contribution >= 4 is 11.7 Å². The molecule has 0 saturated carbocycles. The molecule has 0 amide bonds. The maximum Gasteiger partial charge on any atom is 1.00 e. The van der Waals surface area contributed by atoms with Crippen LogP contribution in [0.15, 0.2) is 18.2 Å². The van der Waals surface area contributed by atoms with Gasteiger partial charge in [0.05, 0.1) is 10.5 Å². The van der Waals surface area contributed by atoms with Crippen molar-refractivity contribution in [3.63, 3.8) is 0 Å². The van der Waals surface area contributed by atoms with Gasteiger partial charge in [-0.05, 0) is 11.8 Å². The van der Waals surface area contributed by atoms with E-state index >= 15 is 0 Å². The van der Waals surface area contributed by atoms with E-state index in [1.54, 1.807) is 0 Å². The van der Waals surface area contributed by atoms with Crippen LogP contribution in [0.1, 0.15) is 10.4 Å². The minimum absolute atomic E-state index is 0. The molecule has 0 fully saturated rings. The maximum absolute atomic E-state index is 11.0. The van der Waals surface area contributed by atoms with Gasteiger partial charge in [-0.25, -0.2) is 4.79 Å². The van der Waals surface area contributed by atoms with Gasteiger partial charge in [0.2, 0.25) is 0 Å². The van der Waals surface area contributed by atoms with Crippen LogP contribution < -0.4 is 56.5 Å². The van der Waals surface area contributed by atoms with Gasteiger partial charge < -0.3 is 10.2 Å². The molecule has 0 aromatic heterocycles. The normalized spacial score (nSPS) is 8.86. The van der Waals surface area contributed by atoms with Crippen LogP contribution in [0, 0.1) is 10.1 Å². The Kier molecular flexibility index (Phi) is 5.23. The molecule has 1 aromatic rings. The van der Waals surface area contributed by atoms with Crippen LogP contribution in [0.5, 0.6) is 5.75 Å². The number of nitrogens with zero attached hydrogens (tertiary/aromatic N) is 1. The van der Waals surface area contributed by atoms with Gasteiger partial charge in [0.1, 0.15) is 0 Å². The first kappa shape index (κ1) is 13.5. The Morgan fingerprint density at radius 1 is 1.43 bits per heavy atom. The molecule has 6 nitrogen and oxygen atoms in total. The predicted octanol–water partition coefficient (Wildman–Crippen LogP) is -2.63. The van der Waals surface area contributed by atoms with Crippen molar-refractivity contribution in [1.29, 1.82) is 0 Å². The standard InChI is InChI=1S/C7H5NO5.K/c9-6-4(7(10)11)2-1-3-5(6)8(12)13;/h1-3,9H,(H,10,11);/q;+1/p-1. The molecule has 0 spiro atoms. The second-order valence-corrected chi connectivity index (χ2v) is 2.22. The monoisotopic (exact) mass is 221 g/mol. The molecule has 0 aliphatic heterocycles. The first-order valence-corrected chi connectivity index (χ1v) is 3.21. The van der Waals surface area contributed by atoms with E-state index in [1.807, 2.05) is 0 Å². The van der Waals surface area contributed by atoms with Crippen LogP contribution in [-0.2, 0) is 0 Å². The van der Waals surface area contributed by atoms with Gasteiger partial charge in [0.25, 0.3) is 5.69 Å². The van der Waals surface area contributed by atoms with Crippen LogP contribution in [0.4, 0.5) is 5.69 Å². The van der Waals surface area contributed by atoms with Crippen LogP contribution in [0.25, 0.3) is 0 Å². The fourth-order valence-corrected chi connectivity index (χ4v) is 0.837. The van der Waals surface area contributed by atoms with Gasteiger partial charge in [-0.1, -0.05) is 6.07 Å². The average molecular weight is 221 g/mol. The predicted molar refractivity (Wildman–Crippen MR) is 39.5 cm³/mol. The summed E-state index contributed by atoms with van der Waals surface area (Å²) < 4.78 is 0. The smallest absolute Gasteiger partial charge is 0.867 e. The van der Waals surface area contributed by atoms with Crippen molar-refractivity contribution in [1.82, 2.24) is 0 Å². The van der Waals surface area contributed by atoms with E-state index in [2.05, 4.69) is 0 Å². The third-order valence-electron chi connectivity index (χ3n) is 1.42. The van der Waals surface area contributed by atoms with Gasteiger partial charge in [0, 0.05) is 6.07 Å². The first-order valence-electron chi connectivity index (χ1n) is 3.21. The van der Waals surface area contributed by atoms with Crippen LogP contribution in [0.3, 0.4) is 0 Å². The molecule has 68 valence electrons. The zero-order chi connectivity index (χ0) is 10.0. The molecule has 1 aromatic carbocycles. The first-order chi connectivity index (χ1) is 6.04. The van der Waals surface area contributed by atoms with Gasteiger partial charge in [0.15, 0.2) is 0 Å². The van der Waals surface area contributed by atoms with E-state index < -0.39 is 27.9 Å². The molecule has 0 aliphatic rings. The molecular formula is C7H4KNO5. The molecule has 0 unspecified atom stereocenters. The topological polar surface area (TPSA) is 104 Å². The summed E-state index contributed by atoms with van der Waals surface area (Å²) in [6.07, 6.45) is 0. The summed E-state index contributed by atoms with van der Waals surface area (Å²) in [5, 5.41) is 29.7. The third kappa shape index (κ3) is 2.76. The number of hydrogen-bond donors (Lipinski definition) is 1. The number of carbonyl (C=O) groups is 1. The Morgan fingerprint density at radius 3 is 2.43 bits per heavy atom. The van der Waals surface area contributed by atoms with Crippen molar-refractivity contribution < 1.29 is 71.3 Å². The van der Waals surface area contributed by atoms with Gasteiger partial charge in [-0.15, -0.1) is 0 Å². The SMILES string of the molecule is O=C(O)c1cccc([N+](=O)[O-])c1[O-].[K+]. The number of rotatable bonds is 2. The zero-order valence-corrected chi connectivity index (χ0v) is 10.4. The Balaban J connectivity index is 0.00000169. The summed E-state index contributed by atoms with van der Waals surface area (Å²) in [6, 6.07) is 3.15. The van der Waals surface area contributed by atoms with Crippen molar-refractivity contribution in [3.05, 3.63) is 33.9 Å². The van der Waals surface area contributed by atoms with Crippen molar-refractivity contribution in [2.45, 2.75) is 0 Å². The van der Waals surface area contributed by atoms with Crippen molar-refractivity contribution in [2.24, 2.45) is 0 Å². The number of nitro groups is 1. The number of hydrogen-bond acceptors (Lipinski definition) is 4. The number of aromatic carboxylic acids is 1. The van der Waals surface area contributed by atoms with E-state index in [-0.39, 0.29) is 51.4 Å². The quantitative estimate of drug-likeness (QED) is 0.334. The number of benzene rings is 1. The van der Waals surface area contributed by atoms with Crippen molar-refractivity contribution in [3.8, 4) is 5.75 Å². The van der Waals surface area contributed by atoms with Gasteiger partial charge in [-0.3, -0.25) is 10.1 Å². The number of para-hydroxylation sites is 1. The molecule has 7 heteroatoms. The van der Waals surface area contributed by atoms with Crippen LogP contribution in [-0.4, -0.2) is 16.0 Å². The number of carboxylic acid groups (broad SMARTS) is 1. The summed E-state index contributed by atoms with van der Waals surface area (Å²) >= 11 is 0. The summed E-state index contributed by atoms with van der Waals surface area (Å²) in [5.74, 6) is -2.53. The van der Waals surface area contributed by atoms with E-state index in [0.29, 0.717) is 0 Å². The molecule has 14 heavy (non-hydrogen) atoms. The van der Waals surface area contributed by atoms with Gasteiger partial charge >= 0.3 is 57.4 Å². The summed E-state index contributed by atoms with van der Waals surface area (Å²) in [4.78, 5) is 19.7. The Bertz CT molecular complexity index is 346. The molecule has 0 radical (unpaired) electrons. The molecule has 0 atom stereocenters. The summed E-state index contributed by atoms with van der Waals surface area (Å²) in [5.41, 5.74) is -1.31. The van der Waals surface area contributed by atoms with Gasteiger partial charge in [-0.2, -0.15) is 0 Å². The minimum atomic E-state index is -1.46. The number of nitro benzene ring substituents is 1. The number of carboxylic acids is 1. The fourth-order valence-electron chi connectivity index (χ4n) is 0.837. The Morgan fingerprint density at radius 2 is 2.00 bits per heavy atom. The van der Waals surface area contributed by atoms with Crippen molar-refractivity contribution in [2.75, 3.05) is 0 Å². The molecule has 1 N–H and O–H groups in total. The molecule has 1 rings (SSSR count). The van der Waals surface area contributed by atoms with E-state index in [4.69, 9.17) is 5.11 Å². The molecule has 0 bridgehead atoms. The molecule has 0 heterocycles. The minimum Gasteiger partial charge on any atom is -0.867 e. The van der Waals surface area contributed by atoms with Crippen LogP contribution >= 0.6 is 0 Å². The Labute approximate surface area is 121 Å². The summed E-state index contributed by atoms with van der Waals surface area (Å²) in [6.45, 7) is 0. The average Bonchev–Trinajstić information content (AvgIpc) is 2.03. The second kappa shape index (κ2) is 5.42. The largest absolute Gasteiger partial charge is 1.00 e. The zero-order valence-electron chi connectivity index (χ0n) is 7.26. The van der Waals surface area contributed by atoms with E-state index in [0.717, 1.165) is 18.2 Å². The maximum atomic E-state index is 11.0. The van der Waals surface area contributed by atoms with Crippen LogP contribution in [0.2, 0.25) is 0 Å². The van der Waals surface area contributed by atoms with E-state index in [9.17, 15) is 20.0 Å². The second-order valence-electron chi connectivity index (χ2n) is 2.22. The molecular weight excluding hydrogens is 217 g/mol. The molecule has 0 saturated heterocycles. The van der Waals surface area contributed by atoms with E-state index in [1.165, 1.54) is 0 Å². The third-order valence-corrected chi connectivity index (χ3v) is 1.42. The fraction of sp³-hybridized carbons (Fsp3) is 0. The molecule has 0 aliphatic carbocycles. The Hall–Kier alpha value is -0.474. The summed E-state index contributed by atoms with van der Waals surface area (Å²) in [7, 11) is 0.